The molecule has 0 spiro atoms. The van der Waals surface area contributed by atoms with Crippen molar-refractivity contribution in [3.05, 3.63) is 35.9 Å². The van der Waals surface area contributed by atoms with Gasteiger partial charge in [-0.3, -0.25) is 5.32 Å². The molecule has 1 aromatic carbocycles. The summed E-state index contributed by atoms with van der Waals surface area (Å²) in [6.45, 7) is 9.62. The highest BCUT2D eigenvalue weighted by atomic mass is 16.7. The third-order valence-electron chi connectivity index (χ3n) is 5.15. The molecular formula is C19H29N3O2. The van der Waals surface area contributed by atoms with E-state index < -0.39 is 5.66 Å². The van der Waals surface area contributed by atoms with Crippen LogP contribution in [0.2, 0.25) is 0 Å². The SMILES string of the molecule is CC(C)(C)C1(c2ccccc2)NCCN1OC(=O)N1CCCCC1. The lowest BCUT2D eigenvalue weighted by molar-refractivity contribution is -0.203. The van der Waals surface area contributed by atoms with E-state index in [9.17, 15) is 4.79 Å². The number of carbonyl (C=O) groups excluding carboxylic acids is 1. The van der Waals surface area contributed by atoms with E-state index in [0.29, 0.717) is 6.54 Å². The molecule has 1 unspecified atom stereocenters. The molecule has 0 bridgehead atoms. The Kier molecular flexibility index (Phi) is 4.83. The summed E-state index contributed by atoms with van der Waals surface area (Å²) in [4.78, 5) is 20.4. The van der Waals surface area contributed by atoms with Gasteiger partial charge < -0.3 is 9.74 Å². The van der Waals surface area contributed by atoms with Crippen molar-refractivity contribution in [2.24, 2.45) is 5.41 Å². The fourth-order valence-electron chi connectivity index (χ4n) is 3.93. The molecule has 0 radical (unpaired) electrons. The molecule has 5 nitrogen and oxygen atoms in total. The second kappa shape index (κ2) is 6.73. The standard InChI is InChI=1S/C19H29N3O2/c1-18(2,3)19(16-10-6-4-7-11-16)20-12-15-22(19)24-17(23)21-13-8-5-9-14-21/h4,6-7,10-11,20H,5,8-9,12-15H2,1-3H3. The van der Waals surface area contributed by atoms with Crippen molar-refractivity contribution in [3.63, 3.8) is 0 Å². The second-order valence-electron chi connectivity index (χ2n) is 7.76. The van der Waals surface area contributed by atoms with E-state index >= 15 is 0 Å². The predicted octanol–water partition coefficient (Wildman–Crippen LogP) is 3.33. The number of hydroxylamine groups is 2. The Morgan fingerprint density at radius 3 is 2.38 bits per heavy atom. The maximum Gasteiger partial charge on any atom is 0.429 e. The molecule has 1 N–H and O–H groups in total. The summed E-state index contributed by atoms with van der Waals surface area (Å²) in [7, 11) is 0. The number of rotatable bonds is 2. The molecule has 5 heteroatoms. The summed E-state index contributed by atoms with van der Waals surface area (Å²) in [5.74, 6) is 0. The Labute approximate surface area is 144 Å². The zero-order chi connectivity index (χ0) is 17.2. The van der Waals surface area contributed by atoms with Gasteiger partial charge in [-0.15, -0.1) is 5.06 Å². The van der Waals surface area contributed by atoms with E-state index in [1.807, 2.05) is 28.2 Å². The van der Waals surface area contributed by atoms with Gasteiger partial charge in [0.1, 0.15) is 5.66 Å². The van der Waals surface area contributed by atoms with Crippen LogP contribution in [0.1, 0.15) is 45.6 Å². The Morgan fingerprint density at radius 2 is 1.75 bits per heavy atom. The first-order valence-corrected chi connectivity index (χ1v) is 9.00. The minimum Gasteiger partial charge on any atom is -0.349 e. The lowest BCUT2D eigenvalue weighted by Gasteiger charge is -2.47. The number of hydrogen-bond donors (Lipinski definition) is 1. The average Bonchev–Trinajstić information content (AvgIpc) is 3.01. The van der Waals surface area contributed by atoms with E-state index in [1.165, 1.54) is 6.42 Å². The number of nitrogens with zero attached hydrogens (tertiary/aromatic N) is 2. The number of amides is 1. The van der Waals surface area contributed by atoms with E-state index in [0.717, 1.165) is 38.0 Å². The minimum absolute atomic E-state index is 0.146. The van der Waals surface area contributed by atoms with Crippen LogP contribution < -0.4 is 5.32 Å². The maximum atomic E-state index is 12.6. The number of likely N-dealkylation sites (tertiary alicyclic amines) is 1. The lowest BCUT2D eigenvalue weighted by Crippen LogP contribution is -2.58. The van der Waals surface area contributed by atoms with Crippen LogP contribution in [0.5, 0.6) is 0 Å². The third kappa shape index (κ3) is 3.03. The number of carbonyl (C=O) groups is 1. The van der Waals surface area contributed by atoms with Crippen LogP contribution >= 0.6 is 0 Å². The molecule has 2 aliphatic heterocycles. The van der Waals surface area contributed by atoms with Gasteiger partial charge in [-0.1, -0.05) is 51.1 Å². The molecular weight excluding hydrogens is 302 g/mol. The fourth-order valence-corrected chi connectivity index (χ4v) is 3.93. The smallest absolute Gasteiger partial charge is 0.349 e. The fraction of sp³-hybridized carbons (Fsp3) is 0.632. The Hall–Kier alpha value is -1.59. The summed E-state index contributed by atoms with van der Waals surface area (Å²) in [6, 6.07) is 10.3. The van der Waals surface area contributed by atoms with Crippen LogP contribution in [-0.4, -0.2) is 42.2 Å². The van der Waals surface area contributed by atoms with Crippen molar-refractivity contribution >= 4 is 6.09 Å². The molecule has 24 heavy (non-hydrogen) atoms. The molecule has 2 fully saturated rings. The highest BCUT2D eigenvalue weighted by molar-refractivity contribution is 5.67. The Bertz CT molecular complexity index is 564. The molecule has 2 saturated heterocycles. The number of piperidine rings is 1. The molecule has 0 saturated carbocycles. The molecule has 132 valence electrons. The van der Waals surface area contributed by atoms with Gasteiger partial charge in [-0.25, -0.2) is 4.79 Å². The van der Waals surface area contributed by atoms with Crippen molar-refractivity contribution < 1.29 is 9.63 Å². The highest BCUT2D eigenvalue weighted by Crippen LogP contribution is 2.44. The van der Waals surface area contributed by atoms with Crippen LogP contribution in [-0.2, 0) is 10.5 Å². The topological polar surface area (TPSA) is 44.8 Å². The predicted molar refractivity (Wildman–Crippen MR) is 94.2 cm³/mol. The minimum atomic E-state index is -0.514. The Morgan fingerprint density at radius 1 is 1.08 bits per heavy atom. The summed E-state index contributed by atoms with van der Waals surface area (Å²) in [6.07, 6.45) is 3.11. The highest BCUT2D eigenvalue weighted by Gasteiger charge is 2.53. The monoisotopic (exact) mass is 331 g/mol. The van der Waals surface area contributed by atoms with Crippen molar-refractivity contribution in [1.29, 1.82) is 0 Å². The maximum absolute atomic E-state index is 12.6. The molecule has 1 atom stereocenters. The largest absolute Gasteiger partial charge is 0.429 e. The van der Waals surface area contributed by atoms with Crippen molar-refractivity contribution in [2.45, 2.75) is 45.7 Å². The molecule has 1 aromatic rings. The first kappa shape index (κ1) is 17.2. The van der Waals surface area contributed by atoms with Gasteiger partial charge >= 0.3 is 6.09 Å². The molecule has 2 heterocycles. The normalized spacial score (nSPS) is 25.7. The summed E-state index contributed by atoms with van der Waals surface area (Å²) >= 11 is 0. The van der Waals surface area contributed by atoms with Gasteiger partial charge in [0.15, 0.2) is 0 Å². The van der Waals surface area contributed by atoms with Crippen LogP contribution in [0.25, 0.3) is 0 Å². The van der Waals surface area contributed by atoms with Crippen LogP contribution in [0.15, 0.2) is 30.3 Å². The van der Waals surface area contributed by atoms with E-state index in [-0.39, 0.29) is 11.5 Å². The first-order valence-electron chi connectivity index (χ1n) is 9.00. The van der Waals surface area contributed by atoms with Gasteiger partial charge in [0.25, 0.3) is 0 Å². The van der Waals surface area contributed by atoms with Gasteiger partial charge in [0, 0.05) is 25.0 Å². The van der Waals surface area contributed by atoms with E-state index in [2.05, 4.69) is 38.2 Å². The lowest BCUT2D eigenvalue weighted by atomic mass is 9.76. The number of nitrogens with one attached hydrogen (secondary N) is 1. The zero-order valence-electron chi connectivity index (χ0n) is 15.0. The second-order valence-corrected chi connectivity index (χ2v) is 7.76. The quantitative estimate of drug-likeness (QED) is 0.903. The summed E-state index contributed by atoms with van der Waals surface area (Å²) in [5, 5.41) is 5.48. The van der Waals surface area contributed by atoms with E-state index in [1.54, 1.807) is 0 Å². The van der Waals surface area contributed by atoms with Crippen LogP contribution in [0.4, 0.5) is 4.79 Å². The molecule has 0 aliphatic carbocycles. The van der Waals surface area contributed by atoms with Crippen LogP contribution in [0.3, 0.4) is 0 Å². The number of benzene rings is 1. The first-order chi connectivity index (χ1) is 11.4. The zero-order valence-corrected chi connectivity index (χ0v) is 15.0. The van der Waals surface area contributed by atoms with Crippen molar-refractivity contribution in [1.82, 2.24) is 15.3 Å². The van der Waals surface area contributed by atoms with Gasteiger partial charge in [-0.05, 0) is 24.8 Å². The third-order valence-corrected chi connectivity index (χ3v) is 5.15. The van der Waals surface area contributed by atoms with Gasteiger partial charge in [0.2, 0.25) is 0 Å². The Balaban J connectivity index is 1.86. The molecule has 2 aliphatic rings. The molecule has 0 aromatic heterocycles. The van der Waals surface area contributed by atoms with E-state index in [4.69, 9.17) is 4.84 Å². The van der Waals surface area contributed by atoms with Crippen molar-refractivity contribution in [2.75, 3.05) is 26.2 Å². The number of hydrogen-bond acceptors (Lipinski definition) is 4. The van der Waals surface area contributed by atoms with Gasteiger partial charge in [0.05, 0.1) is 6.54 Å². The average molecular weight is 331 g/mol. The molecule has 1 amide bonds. The summed E-state index contributed by atoms with van der Waals surface area (Å²) < 4.78 is 0. The molecule has 3 rings (SSSR count). The summed E-state index contributed by atoms with van der Waals surface area (Å²) in [5.41, 5.74) is 0.466. The van der Waals surface area contributed by atoms with Gasteiger partial charge in [-0.2, -0.15) is 0 Å². The van der Waals surface area contributed by atoms with Crippen LogP contribution in [0, 0.1) is 5.41 Å². The van der Waals surface area contributed by atoms with Crippen molar-refractivity contribution in [3.8, 4) is 0 Å².